The number of nitrogens with zero attached hydrogens (tertiary/aromatic N) is 6. The average molecular weight is 564 g/mol. The van der Waals surface area contributed by atoms with E-state index >= 15 is 0 Å². The Hall–Kier alpha value is -4.70. The fourth-order valence-corrected chi connectivity index (χ4v) is 4.35. The predicted octanol–water partition coefficient (Wildman–Crippen LogP) is 4.17. The summed E-state index contributed by atoms with van der Waals surface area (Å²) in [5.41, 5.74) is 0.222. The molecule has 1 amide bonds. The second-order valence-corrected chi connectivity index (χ2v) is 10.1. The van der Waals surface area contributed by atoms with E-state index in [0.29, 0.717) is 16.6 Å². The molecule has 13 heteroatoms. The Morgan fingerprint density at radius 3 is 2.65 bits per heavy atom. The Bertz CT molecular complexity index is 1700. The van der Waals surface area contributed by atoms with Crippen LogP contribution in [0.1, 0.15) is 40.3 Å². The maximum absolute atomic E-state index is 13.6. The van der Waals surface area contributed by atoms with Gasteiger partial charge in [0, 0.05) is 55.3 Å². The highest BCUT2D eigenvalue weighted by atomic mass is 32.1. The van der Waals surface area contributed by atoms with E-state index in [1.54, 1.807) is 31.3 Å². The Morgan fingerprint density at radius 1 is 1.18 bits per heavy atom. The standard InChI is InChI=1S/C27H23F2N7O3S/c1-35(2)16-8-9-36(24(37)10-16)22-12-17(18-11-20(25(28)29)30-14-21(18)39-3)19(13-31-22)26(38)32-27-34-33-23(40-27)7-6-15-4-5-15/h8-15,25H,4-5H2,1-3H3,(H,32,34,38). The molecule has 1 aliphatic carbocycles. The summed E-state index contributed by atoms with van der Waals surface area (Å²) in [7, 11) is 4.97. The van der Waals surface area contributed by atoms with E-state index in [9.17, 15) is 18.4 Å². The van der Waals surface area contributed by atoms with Crippen molar-refractivity contribution in [2.45, 2.75) is 19.3 Å². The molecule has 0 atom stereocenters. The van der Waals surface area contributed by atoms with Gasteiger partial charge in [0.25, 0.3) is 17.9 Å². The third-order valence-electron chi connectivity index (χ3n) is 6.03. The number of aromatic nitrogens is 5. The van der Waals surface area contributed by atoms with Gasteiger partial charge in [0.1, 0.15) is 17.3 Å². The van der Waals surface area contributed by atoms with E-state index in [0.717, 1.165) is 36.4 Å². The Kier molecular flexibility index (Phi) is 7.52. The number of alkyl halides is 2. The van der Waals surface area contributed by atoms with Crippen LogP contribution in [0.15, 0.2) is 47.7 Å². The predicted molar refractivity (Wildman–Crippen MR) is 146 cm³/mol. The monoisotopic (exact) mass is 563 g/mol. The lowest BCUT2D eigenvalue weighted by Crippen LogP contribution is -2.21. The summed E-state index contributed by atoms with van der Waals surface area (Å²) < 4.78 is 33.9. The molecule has 4 heterocycles. The third kappa shape index (κ3) is 5.81. The summed E-state index contributed by atoms with van der Waals surface area (Å²) >= 11 is 1.12. The van der Waals surface area contributed by atoms with Gasteiger partial charge in [-0.25, -0.2) is 13.8 Å². The molecule has 4 aromatic heterocycles. The molecule has 4 aromatic rings. The number of rotatable bonds is 7. The lowest BCUT2D eigenvalue weighted by Gasteiger charge is -2.16. The molecule has 1 aliphatic rings. The van der Waals surface area contributed by atoms with Gasteiger partial charge in [-0.15, -0.1) is 10.2 Å². The number of methoxy groups -OCH3 is 1. The van der Waals surface area contributed by atoms with Crippen LogP contribution in [0.3, 0.4) is 0 Å². The Balaban J connectivity index is 1.58. The maximum atomic E-state index is 13.6. The summed E-state index contributed by atoms with van der Waals surface area (Å²) in [5.74, 6) is 6.14. The smallest absolute Gasteiger partial charge is 0.280 e. The number of pyridine rings is 3. The average Bonchev–Trinajstić information content (AvgIpc) is 3.68. The van der Waals surface area contributed by atoms with E-state index in [1.165, 1.54) is 30.0 Å². The zero-order valence-electron chi connectivity index (χ0n) is 21.7. The number of hydrogen-bond acceptors (Lipinski definition) is 9. The van der Waals surface area contributed by atoms with E-state index in [4.69, 9.17) is 4.74 Å². The Labute approximate surface area is 231 Å². The molecule has 0 aliphatic heterocycles. The molecule has 40 heavy (non-hydrogen) atoms. The normalized spacial score (nSPS) is 12.6. The van der Waals surface area contributed by atoms with Crippen LogP contribution in [-0.2, 0) is 0 Å². The second-order valence-electron chi connectivity index (χ2n) is 9.10. The molecule has 1 N–H and O–H groups in total. The number of carbonyl (C=O) groups is 1. The van der Waals surface area contributed by atoms with Gasteiger partial charge in [-0.3, -0.25) is 24.5 Å². The van der Waals surface area contributed by atoms with Crippen LogP contribution < -0.4 is 20.5 Å². The highest BCUT2D eigenvalue weighted by Gasteiger charge is 2.22. The van der Waals surface area contributed by atoms with Crippen LogP contribution in [0, 0.1) is 17.8 Å². The molecule has 1 saturated carbocycles. The SMILES string of the molecule is COc1cnc(C(F)F)cc1-c1cc(-n2ccc(N(C)C)cc2=O)ncc1C(=O)Nc1nnc(C#CC2CC2)s1. The number of anilines is 2. The molecular formula is C27H23F2N7O3S. The number of nitrogens with one attached hydrogen (secondary N) is 1. The van der Waals surface area contributed by atoms with Gasteiger partial charge in [0.2, 0.25) is 5.13 Å². The molecule has 0 aromatic carbocycles. The minimum Gasteiger partial charge on any atom is -0.494 e. The number of ether oxygens (including phenoxy) is 1. The van der Waals surface area contributed by atoms with Crippen LogP contribution in [0.2, 0.25) is 0 Å². The lowest BCUT2D eigenvalue weighted by molar-refractivity contribution is 0.102. The van der Waals surface area contributed by atoms with Crippen molar-refractivity contribution >= 4 is 28.1 Å². The quantitative estimate of drug-likeness (QED) is 0.333. The van der Waals surface area contributed by atoms with Gasteiger partial charge in [-0.2, -0.15) is 0 Å². The zero-order valence-corrected chi connectivity index (χ0v) is 22.5. The summed E-state index contributed by atoms with van der Waals surface area (Å²) in [5, 5.41) is 11.3. The maximum Gasteiger partial charge on any atom is 0.280 e. The highest BCUT2D eigenvalue weighted by Crippen LogP contribution is 2.35. The molecule has 5 rings (SSSR count). The minimum atomic E-state index is -2.86. The van der Waals surface area contributed by atoms with Gasteiger partial charge >= 0.3 is 0 Å². The van der Waals surface area contributed by atoms with Gasteiger partial charge in [-0.1, -0.05) is 17.3 Å². The van der Waals surface area contributed by atoms with Crippen molar-refractivity contribution in [3.8, 4) is 34.5 Å². The molecule has 0 radical (unpaired) electrons. The molecule has 1 fully saturated rings. The van der Waals surface area contributed by atoms with Gasteiger partial charge < -0.3 is 9.64 Å². The van der Waals surface area contributed by atoms with Crippen LogP contribution in [-0.4, -0.2) is 51.8 Å². The van der Waals surface area contributed by atoms with Crippen molar-refractivity contribution < 1.29 is 18.3 Å². The van der Waals surface area contributed by atoms with E-state index in [2.05, 4.69) is 37.3 Å². The van der Waals surface area contributed by atoms with Crippen molar-refractivity contribution in [3.05, 3.63) is 69.5 Å². The molecule has 0 bridgehead atoms. The van der Waals surface area contributed by atoms with Crippen LogP contribution in [0.25, 0.3) is 16.9 Å². The van der Waals surface area contributed by atoms with Crippen molar-refractivity contribution in [2.24, 2.45) is 5.92 Å². The molecule has 0 spiro atoms. The first-order valence-corrected chi connectivity index (χ1v) is 12.9. The molecular weight excluding hydrogens is 540 g/mol. The highest BCUT2D eigenvalue weighted by molar-refractivity contribution is 7.15. The molecule has 0 unspecified atom stereocenters. The number of halogens is 2. The molecule has 204 valence electrons. The fourth-order valence-electron chi connectivity index (χ4n) is 3.75. The van der Waals surface area contributed by atoms with E-state index in [-0.39, 0.29) is 38.9 Å². The summed E-state index contributed by atoms with van der Waals surface area (Å²) in [4.78, 5) is 36.2. The van der Waals surface area contributed by atoms with Crippen LogP contribution in [0.5, 0.6) is 5.75 Å². The fraction of sp³-hybridized carbons (Fsp3) is 0.259. The third-order valence-corrected chi connectivity index (χ3v) is 6.78. The summed E-state index contributed by atoms with van der Waals surface area (Å²) in [6, 6.07) is 5.77. The summed E-state index contributed by atoms with van der Waals surface area (Å²) in [6.07, 6.45) is 3.25. The zero-order chi connectivity index (χ0) is 28.4. The lowest BCUT2D eigenvalue weighted by atomic mass is 10.00. The van der Waals surface area contributed by atoms with Crippen molar-refractivity contribution in [3.63, 3.8) is 0 Å². The largest absolute Gasteiger partial charge is 0.494 e. The first kappa shape index (κ1) is 26.9. The van der Waals surface area contributed by atoms with Crippen LogP contribution >= 0.6 is 11.3 Å². The minimum absolute atomic E-state index is 0.0345. The first-order valence-electron chi connectivity index (χ1n) is 12.1. The van der Waals surface area contributed by atoms with E-state index < -0.39 is 18.0 Å². The topological polar surface area (TPSA) is 115 Å². The van der Waals surface area contributed by atoms with Gasteiger partial charge in [0.05, 0.1) is 18.9 Å². The number of carbonyl (C=O) groups excluding carboxylic acids is 1. The first-order chi connectivity index (χ1) is 19.2. The number of hydrogen-bond donors (Lipinski definition) is 1. The Morgan fingerprint density at radius 2 is 1.98 bits per heavy atom. The van der Waals surface area contributed by atoms with Crippen LogP contribution in [0.4, 0.5) is 19.6 Å². The molecule has 0 saturated heterocycles. The van der Waals surface area contributed by atoms with Crippen molar-refractivity contribution in [1.82, 2.24) is 24.7 Å². The van der Waals surface area contributed by atoms with Gasteiger partial charge in [-0.05, 0) is 37.0 Å². The van der Waals surface area contributed by atoms with E-state index in [1.807, 2.05) is 0 Å². The number of amides is 1. The molecule has 10 nitrogen and oxygen atoms in total. The second kappa shape index (κ2) is 11.2. The van der Waals surface area contributed by atoms with Crippen molar-refractivity contribution in [2.75, 3.05) is 31.4 Å². The van der Waals surface area contributed by atoms with Crippen molar-refractivity contribution in [1.29, 1.82) is 0 Å². The summed E-state index contributed by atoms with van der Waals surface area (Å²) in [6.45, 7) is 0. The van der Waals surface area contributed by atoms with Gasteiger partial charge in [0.15, 0.2) is 5.01 Å².